The van der Waals surface area contributed by atoms with Gasteiger partial charge in [-0.05, 0) is 38.8 Å². The standard InChI is InChI=1S/C14H28N/c1-3-5-12-15(13-6-4-2)14-10-8-7-9-11-14/h14H,1,3-13H2,2H3. The molecule has 1 saturated carbocycles. The summed E-state index contributed by atoms with van der Waals surface area (Å²) in [6.45, 7) is 8.85. The molecule has 0 atom stereocenters. The highest BCUT2D eigenvalue weighted by atomic mass is 15.1. The van der Waals surface area contributed by atoms with Gasteiger partial charge in [0.25, 0.3) is 0 Å². The van der Waals surface area contributed by atoms with Gasteiger partial charge in [-0.2, -0.15) is 0 Å². The highest BCUT2D eigenvalue weighted by molar-refractivity contribution is 4.75. The molecule has 1 heteroatoms. The van der Waals surface area contributed by atoms with Crippen LogP contribution in [-0.2, 0) is 0 Å². The van der Waals surface area contributed by atoms with Crippen LogP contribution in [0, 0.1) is 6.92 Å². The van der Waals surface area contributed by atoms with Crippen LogP contribution in [0.25, 0.3) is 0 Å². The number of hydrogen-bond donors (Lipinski definition) is 0. The van der Waals surface area contributed by atoms with Crippen LogP contribution in [0.2, 0.25) is 0 Å². The zero-order valence-corrected chi connectivity index (χ0v) is 10.5. The van der Waals surface area contributed by atoms with Gasteiger partial charge >= 0.3 is 0 Å². The monoisotopic (exact) mass is 210 g/mol. The predicted octanol–water partition coefficient (Wildman–Crippen LogP) is 4.04. The Morgan fingerprint density at radius 3 is 2.33 bits per heavy atom. The van der Waals surface area contributed by atoms with Crippen LogP contribution in [0.1, 0.15) is 64.7 Å². The Kier molecular flexibility index (Phi) is 7.08. The fraction of sp³-hybridized carbons (Fsp3) is 0.929. The second-order valence-corrected chi connectivity index (χ2v) is 4.89. The third-order valence-corrected chi connectivity index (χ3v) is 3.59. The molecule has 0 unspecified atom stereocenters. The molecule has 1 rings (SSSR count). The summed E-state index contributed by atoms with van der Waals surface area (Å²) in [4.78, 5) is 2.74. The van der Waals surface area contributed by atoms with E-state index in [1.807, 2.05) is 0 Å². The van der Waals surface area contributed by atoms with E-state index in [9.17, 15) is 0 Å². The van der Waals surface area contributed by atoms with Gasteiger partial charge in [-0.25, -0.2) is 0 Å². The van der Waals surface area contributed by atoms with E-state index in [1.165, 1.54) is 64.5 Å². The molecule has 0 N–H and O–H groups in total. The summed E-state index contributed by atoms with van der Waals surface area (Å²) in [7, 11) is 0. The average Bonchev–Trinajstić information content (AvgIpc) is 2.30. The van der Waals surface area contributed by atoms with Crippen molar-refractivity contribution >= 4 is 0 Å². The molecule has 1 aliphatic carbocycles. The topological polar surface area (TPSA) is 3.24 Å². The highest BCUT2D eigenvalue weighted by Crippen LogP contribution is 2.23. The maximum atomic E-state index is 3.96. The third kappa shape index (κ3) is 5.01. The lowest BCUT2D eigenvalue weighted by Gasteiger charge is -2.34. The van der Waals surface area contributed by atoms with Gasteiger partial charge in [0.15, 0.2) is 0 Å². The first-order chi connectivity index (χ1) is 7.38. The molecular formula is C14H28N. The molecule has 0 heterocycles. The van der Waals surface area contributed by atoms with Gasteiger partial charge in [0.1, 0.15) is 0 Å². The fourth-order valence-electron chi connectivity index (χ4n) is 2.60. The zero-order chi connectivity index (χ0) is 10.9. The van der Waals surface area contributed by atoms with E-state index in [1.54, 1.807) is 0 Å². The first kappa shape index (κ1) is 13.0. The lowest BCUT2D eigenvalue weighted by Crippen LogP contribution is -2.38. The molecule has 1 nitrogen and oxygen atoms in total. The average molecular weight is 210 g/mol. The van der Waals surface area contributed by atoms with Gasteiger partial charge in [0.2, 0.25) is 0 Å². The quantitative estimate of drug-likeness (QED) is 0.613. The highest BCUT2D eigenvalue weighted by Gasteiger charge is 2.19. The van der Waals surface area contributed by atoms with E-state index in [0.29, 0.717) is 0 Å². The van der Waals surface area contributed by atoms with Gasteiger partial charge in [0, 0.05) is 6.04 Å². The molecule has 0 saturated heterocycles. The van der Waals surface area contributed by atoms with Crippen molar-refractivity contribution in [2.24, 2.45) is 0 Å². The second-order valence-electron chi connectivity index (χ2n) is 4.89. The Morgan fingerprint density at radius 1 is 1.07 bits per heavy atom. The molecule has 15 heavy (non-hydrogen) atoms. The van der Waals surface area contributed by atoms with Crippen molar-refractivity contribution in [3.8, 4) is 0 Å². The molecule has 0 bridgehead atoms. The molecule has 1 fully saturated rings. The van der Waals surface area contributed by atoms with Crippen LogP contribution in [0.3, 0.4) is 0 Å². The van der Waals surface area contributed by atoms with Gasteiger partial charge in [0.05, 0.1) is 0 Å². The lowest BCUT2D eigenvalue weighted by molar-refractivity contribution is 0.152. The number of rotatable bonds is 7. The van der Waals surface area contributed by atoms with Crippen molar-refractivity contribution in [3.63, 3.8) is 0 Å². The molecule has 0 aromatic rings. The SMILES string of the molecule is [CH2]CCCN(CCCC)C1CCCCC1. The van der Waals surface area contributed by atoms with E-state index in [-0.39, 0.29) is 0 Å². The molecule has 1 aliphatic rings. The Hall–Kier alpha value is -0.0400. The van der Waals surface area contributed by atoms with Crippen LogP contribution in [0.15, 0.2) is 0 Å². The van der Waals surface area contributed by atoms with Crippen molar-refractivity contribution in [3.05, 3.63) is 6.92 Å². The van der Waals surface area contributed by atoms with Gasteiger partial charge in [-0.1, -0.05) is 46.0 Å². The van der Waals surface area contributed by atoms with E-state index in [2.05, 4.69) is 18.7 Å². The summed E-state index contributed by atoms with van der Waals surface area (Å²) in [5.74, 6) is 0. The van der Waals surface area contributed by atoms with E-state index >= 15 is 0 Å². The van der Waals surface area contributed by atoms with E-state index in [4.69, 9.17) is 0 Å². The van der Waals surface area contributed by atoms with Crippen molar-refractivity contribution in [2.45, 2.75) is 70.8 Å². The van der Waals surface area contributed by atoms with Crippen molar-refractivity contribution in [1.29, 1.82) is 0 Å². The second kappa shape index (κ2) is 8.15. The Morgan fingerprint density at radius 2 is 1.73 bits per heavy atom. The minimum absolute atomic E-state index is 0.900. The summed E-state index contributed by atoms with van der Waals surface area (Å²) in [5, 5.41) is 0. The first-order valence-electron chi connectivity index (χ1n) is 6.91. The minimum atomic E-state index is 0.900. The predicted molar refractivity (Wildman–Crippen MR) is 67.9 cm³/mol. The van der Waals surface area contributed by atoms with Crippen LogP contribution < -0.4 is 0 Å². The van der Waals surface area contributed by atoms with Crippen molar-refractivity contribution in [1.82, 2.24) is 4.90 Å². The first-order valence-corrected chi connectivity index (χ1v) is 6.91. The maximum Gasteiger partial charge on any atom is 0.00952 e. The summed E-state index contributed by atoms with van der Waals surface area (Å²) >= 11 is 0. The largest absolute Gasteiger partial charge is 0.300 e. The molecule has 0 aliphatic heterocycles. The lowest BCUT2D eigenvalue weighted by atomic mass is 9.94. The summed E-state index contributed by atoms with van der Waals surface area (Å²) in [6.07, 6.45) is 12.3. The molecular weight excluding hydrogens is 182 g/mol. The van der Waals surface area contributed by atoms with Crippen LogP contribution in [0.4, 0.5) is 0 Å². The fourth-order valence-corrected chi connectivity index (χ4v) is 2.60. The van der Waals surface area contributed by atoms with Crippen LogP contribution in [0.5, 0.6) is 0 Å². The number of hydrogen-bond acceptors (Lipinski definition) is 1. The van der Waals surface area contributed by atoms with Gasteiger partial charge < -0.3 is 4.90 Å². The minimum Gasteiger partial charge on any atom is -0.300 e. The Labute approximate surface area is 96.2 Å². The summed E-state index contributed by atoms with van der Waals surface area (Å²) in [5.41, 5.74) is 0. The maximum absolute atomic E-state index is 3.96. The smallest absolute Gasteiger partial charge is 0.00952 e. The van der Waals surface area contributed by atoms with E-state index in [0.717, 1.165) is 12.5 Å². The molecule has 0 spiro atoms. The van der Waals surface area contributed by atoms with Crippen LogP contribution in [-0.4, -0.2) is 24.0 Å². The number of nitrogens with zero attached hydrogens (tertiary/aromatic N) is 1. The molecule has 0 amide bonds. The summed E-state index contributed by atoms with van der Waals surface area (Å²) in [6, 6.07) is 0.900. The normalized spacial score (nSPS) is 18.6. The molecule has 0 aromatic heterocycles. The van der Waals surface area contributed by atoms with Crippen LogP contribution >= 0.6 is 0 Å². The van der Waals surface area contributed by atoms with Gasteiger partial charge in [-0.15, -0.1) is 0 Å². The number of unbranched alkanes of at least 4 members (excludes halogenated alkanes) is 2. The van der Waals surface area contributed by atoms with E-state index < -0.39 is 0 Å². The summed E-state index contributed by atoms with van der Waals surface area (Å²) < 4.78 is 0. The van der Waals surface area contributed by atoms with Gasteiger partial charge in [-0.3, -0.25) is 0 Å². The molecule has 89 valence electrons. The third-order valence-electron chi connectivity index (χ3n) is 3.59. The zero-order valence-electron chi connectivity index (χ0n) is 10.5. The molecule has 1 radical (unpaired) electrons. The Balaban J connectivity index is 2.30. The van der Waals surface area contributed by atoms with Crippen molar-refractivity contribution in [2.75, 3.05) is 13.1 Å². The Bertz CT molecular complexity index is 130. The van der Waals surface area contributed by atoms with Crippen molar-refractivity contribution < 1.29 is 0 Å². The molecule has 0 aromatic carbocycles.